The number of hydrogen-bond donors (Lipinski definition) is 0. The van der Waals surface area contributed by atoms with Crippen LogP contribution in [0.15, 0.2) is 35.2 Å². The third kappa shape index (κ3) is 2.43. The second-order valence-corrected chi connectivity index (χ2v) is 6.69. The summed E-state index contributed by atoms with van der Waals surface area (Å²) in [6.07, 6.45) is 3.87. The normalized spacial score (nSPS) is 17.6. The summed E-state index contributed by atoms with van der Waals surface area (Å²) in [5.74, 6) is 1.82. The summed E-state index contributed by atoms with van der Waals surface area (Å²) in [4.78, 5) is 11.3. The predicted octanol–water partition coefficient (Wildman–Crippen LogP) is 3.48. The maximum atomic E-state index is 5.27. The van der Waals surface area contributed by atoms with Gasteiger partial charge in [-0.3, -0.25) is 0 Å². The summed E-state index contributed by atoms with van der Waals surface area (Å²) in [5, 5.41) is 5.40. The van der Waals surface area contributed by atoms with E-state index in [9.17, 15) is 0 Å². The molecule has 1 fully saturated rings. The lowest BCUT2D eigenvalue weighted by molar-refractivity contribution is 0.414. The largest absolute Gasteiger partial charge is 0.497 e. The molecular weight excluding hydrogens is 370 g/mol. The van der Waals surface area contributed by atoms with Crippen molar-refractivity contribution in [3.8, 4) is 5.75 Å². The van der Waals surface area contributed by atoms with E-state index in [1.54, 1.807) is 18.1 Å². The van der Waals surface area contributed by atoms with Gasteiger partial charge in [-0.05, 0) is 46.5 Å². The topological polar surface area (TPSA) is 56.1 Å². The van der Waals surface area contributed by atoms with Gasteiger partial charge in [0.15, 0.2) is 5.65 Å². The Morgan fingerprint density at radius 1 is 1.21 bits per heavy atom. The Hall–Kier alpha value is -2.15. The number of anilines is 1. The molecule has 0 saturated carbocycles. The Bertz CT molecular complexity index is 877. The minimum absolute atomic E-state index is 0.307. The molecule has 6 nitrogen and oxygen atoms in total. The summed E-state index contributed by atoms with van der Waals surface area (Å²) in [5.41, 5.74) is 2.12. The van der Waals surface area contributed by atoms with Crippen LogP contribution in [-0.2, 0) is 7.05 Å². The summed E-state index contributed by atoms with van der Waals surface area (Å²) in [6.45, 7) is 0.976. The molecule has 24 heavy (non-hydrogen) atoms. The standard InChI is InChI=1S/C17H18BrN5O/c1-22-16-14(15(18)21-22)17(20-10-19-16)23-9-3-4-13(23)11-5-7-12(24-2)8-6-11/h5-8,10,13H,3-4,9H2,1-2H3. The zero-order valence-electron chi connectivity index (χ0n) is 13.6. The van der Waals surface area contributed by atoms with Crippen molar-refractivity contribution in [2.24, 2.45) is 7.05 Å². The van der Waals surface area contributed by atoms with Crippen LogP contribution in [0.5, 0.6) is 5.75 Å². The van der Waals surface area contributed by atoms with Gasteiger partial charge in [0.25, 0.3) is 0 Å². The van der Waals surface area contributed by atoms with E-state index < -0.39 is 0 Å². The monoisotopic (exact) mass is 387 g/mol. The highest BCUT2D eigenvalue weighted by Crippen LogP contribution is 2.39. The van der Waals surface area contributed by atoms with Crippen LogP contribution < -0.4 is 9.64 Å². The van der Waals surface area contributed by atoms with Gasteiger partial charge >= 0.3 is 0 Å². The van der Waals surface area contributed by atoms with Crippen molar-refractivity contribution in [2.45, 2.75) is 18.9 Å². The van der Waals surface area contributed by atoms with Gasteiger partial charge in [0, 0.05) is 13.6 Å². The van der Waals surface area contributed by atoms with Crippen molar-refractivity contribution in [1.29, 1.82) is 0 Å². The van der Waals surface area contributed by atoms with E-state index in [4.69, 9.17) is 4.74 Å². The highest BCUT2D eigenvalue weighted by molar-refractivity contribution is 9.10. The summed E-state index contributed by atoms with van der Waals surface area (Å²) in [6, 6.07) is 8.61. The van der Waals surface area contributed by atoms with E-state index in [1.807, 2.05) is 19.2 Å². The van der Waals surface area contributed by atoms with Gasteiger partial charge in [0.1, 0.15) is 22.5 Å². The van der Waals surface area contributed by atoms with Crippen LogP contribution in [0.2, 0.25) is 0 Å². The molecule has 4 rings (SSSR count). The van der Waals surface area contributed by atoms with Crippen LogP contribution in [0.1, 0.15) is 24.4 Å². The molecule has 2 aromatic heterocycles. The first kappa shape index (κ1) is 15.4. The second-order valence-electron chi connectivity index (χ2n) is 5.93. The van der Waals surface area contributed by atoms with Crippen LogP contribution in [-0.4, -0.2) is 33.4 Å². The molecule has 3 heterocycles. The van der Waals surface area contributed by atoms with E-state index in [0.717, 1.165) is 46.6 Å². The SMILES string of the molecule is COc1ccc(C2CCCN2c2ncnc3c2c(Br)nn3C)cc1. The number of benzene rings is 1. The molecule has 124 valence electrons. The molecule has 7 heteroatoms. The molecular formula is C17H18BrN5O. The number of fused-ring (bicyclic) bond motifs is 1. The lowest BCUT2D eigenvalue weighted by Crippen LogP contribution is -2.24. The smallest absolute Gasteiger partial charge is 0.164 e. The molecule has 0 spiro atoms. The number of nitrogens with zero attached hydrogens (tertiary/aromatic N) is 5. The molecule has 3 aromatic rings. The average molecular weight is 388 g/mol. The van der Waals surface area contributed by atoms with Gasteiger partial charge in [-0.25, -0.2) is 14.6 Å². The quantitative estimate of drug-likeness (QED) is 0.688. The molecule has 1 aliphatic heterocycles. The second kappa shape index (κ2) is 6.05. The number of aryl methyl sites for hydroxylation is 1. The highest BCUT2D eigenvalue weighted by Gasteiger charge is 2.30. The van der Waals surface area contributed by atoms with Gasteiger partial charge in [0.2, 0.25) is 0 Å². The maximum absolute atomic E-state index is 5.27. The van der Waals surface area contributed by atoms with Crippen LogP contribution in [0.3, 0.4) is 0 Å². The fourth-order valence-electron chi connectivity index (χ4n) is 3.44. The van der Waals surface area contributed by atoms with Crippen molar-refractivity contribution in [2.75, 3.05) is 18.6 Å². The number of methoxy groups -OCH3 is 1. The number of aromatic nitrogens is 4. The van der Waals surface area contributed by atoms with Gasteiger partial charge in [-0.1, -0.05) is 12.1 Å². The van der Waals surface area contributed by atoms with E-state index in [1.165, 1.54) is 5.56 Å². The molecule has 0 N–H and O–H groups in total. The molecule has 1 aromatic carbocycles. The minimum Gasteiger partial charge on any atom is -0.497 e. The lowest BCUT2D eigenvalue weighted by Gasteiger charge is -2.26. The molecule has 0 aliphatic carbocycles. The summed E-state index contributed by atoms with van der Waals surface area (Å²) < 4.78 is 7.84. The van der Waals surface area contributed by atoms with Crippen LogP contribution in [0.4, 0.5) is 5.82 Å². The zero-order valence-corrected chi connectivity index (χ0v) is 15.2. The van der Waals surface area contributed by atoms with E-state index in [0.29, 0.717) is 6.04 Å². The fourth-order valence-corrected chi connectivity index (χ4v) is 4.03. The van der Waals surface area contributed by atoms with Crippen molar-refractivity contribution in [3.63, 3.8) is 0 Å². The van der Waals surface area contributed by atoms with Gasteiger partial charge in [0.05, 0.1) is 18.5 Å². The summed E-state index contributed by atoms with van der Waals surface area (Å²) in [7, 11) is 3.59. The molecule has 0 radical (unpaired) electrons. The van der Waals surface area contributed by atoms with Crippen LogP contribution in [0, 0.1) is 0 Å². The van der Waals surface area contributed by atoms with E-state index in [2.05, 4.69) is 48.0 Å². The first-order valence-corrected chi connectivity index (χ1v) is 8.72. The average Bonchev–Trinajstić information content (AvgIpc) is 3.20. The molecule has 1 unspecified atom stereocenters. The predicted molar refractivity (Wildman–Crippen MR) is 96.3 cm³/mol. The summed E-state index contributed by atoms with van der Waals surface area (Å²) >= 11 is 3.56. The fraction of sp³-hybridized carbons (Fsp3) is 0.353. The lowest BCUT2D eigenvalue weighted by atomic mass is 10.0. The third-order valence-corrected chi connectivity index (χ3v) is 5.14. The Balaban J connectivity index is 1.77. The Morgan fingerprint density at radius 3 is 2.75 bits per heavy atom. The van der Waals surface area contributed by atoms with Crippen molar-refractivity contribution < 1.29 is 4.74 Å². The molecule has 0 amide bonds. The third-order valence-electron chi connectivity index (χ3n) is 4.58. The van der Waals surface area contributed by atoms with Gasteiger partial charge in [-0.15, -0.1) is 0 Å². The van der Waals surface area contributed by atoms with Gasteiger partial charge in [-0.2, -0.15) is 5.10 Å². The number of hydrogen-bond acceptors (Lipinski definition) is 5. The number of rotatable bonds is 3. The zero-order chi connectivity index (χ0) is 16.7. The maximum Gasteiger partial charge on any atom is 0.164 e. The molecule has 1 aliphatic rings. The van der Waals surface area contributed by atoms with E-state index in [-0.39, 0.29) is 0 Å². The van der Waals surface area contributed by atoms with Crippen LogP contribution in [0.25, 0.3) is 11.0 Å². The highest BCUT2D eigenvalue weighted by atomic mass is 79.9. The van der Waals surface area contributed by atoms with Crippen molar-refractivity contribution >= 4 is 32.8 Å². The molecule has 1 saturated heterocycles. The van der Waals surface area contributed by atoms with Crippen molar-refractivity contribution in [3.05, 3.63) is 40.8 Å². The molecule has 1 atom stereocenters. The van der Waals surface area contributed by atoms with E-state index >= 15 is 0 Å². The first-order chi connectivity index (χ1) is 11.7. The number of halogens is 1. The Morgan fingerprint density at radius 2 is 2.00 bits per heavy atom. The van der Waals surface area contributed by atoms with Gasteiger partial charge < -0.3 is 9.64 Å². The number of ether oxygens (including phenoxy) is 1. The minimum atomic E-state index is 0.307. The Labute approximate surface area is 148 Å². The first-order valence-electron chi connectivity index (χ1n) is 7.93. The van der Waals surface area contributed by atoms with Crippen LogP contribution >= 0.6 is 15.9 Å². The molecule has 0 bridgehead atoms. The Kier molecular flexibility index (Phi) is 3.88. The van der Waals surface area contributed by atoms with Crippen molar-refractivity contribution in [1.82, 2.24) is 19.7 Å².